The molecule has 0 spiro atoms. The van der Waals surface area contributed by atoms with Crippen LogP contribution in [-0.2, 0) is 0 Å². The van der Waals surface area contributed by atoms with Gasteiger partial charge >= 0.3 is 5.97 Å². The van der Waals surface area contributed by atoms with Crippen LogP contribution in [0, 0.1) is 6.92 Å². The Morgan fingerprint density at radius 3 is 2.74 bits per heavy atom. The molecule has 0 amide bonds. The molecule has 4 nitrogen and oxygen atoms in total. The summed E-state index contributed by atoms with van der Waals surface area (Å²) in [6, 6.07) is 11.5. The van der Waals surface area contributed by atoms with Crippen molar-refractivity contribution in [1.29, 1.82) is 0 Å². The van der Waals surface area contributed by atoms with E-state index in [9.17, 15) is 9.90 Å². The van der Waals surface area contributed by atoms with Crippen LogP contribution in [0.5, 0.6) is 0 Å². The van der Waals surface area contributed by atoms with Gasteiger partial charge in [-0.05, 0) is 43.7 Å². The smallest absolute Gasteiger partial charge is 0.356 e. The van der Waals surface area contributed by atoms with E-state index in [1.54, 1.807) is 12.1 Å². The fourth-order valence-corrected chi connectivity index (χ4v) is 2.07. The number of aryl methyl sites for hydroxylation is 1. The monoisotopic (exact) mass is 256 g/mol. The van der Waals surface area contributed by atoms with E-state index in [-0.39, 0.29) is 5.69 Å². The average Bonchev–Trinajstić information content (AvgIpc) is 2.40. The third kappa shape index (κ3) is 2.73. The zero-order chi connectivity index (χ0) is 13.8. The van der Waals surface area contributed by atoms with E-state index >= 15 is 0 Å². The summed E-state index contributed by atoms with van der Waals surface area (Å²) in [6.45, 7) is 4.68. The fraction of sp³-hybridized carbons (Fsp3) is 0.200. The number of aromatic carboxylic acids is 1. The average molecular weight is 256 g/mol. The molecule has 19 heavy (non-hydrogen) atoms. The summed E-state index contributed by atoms with van der Waals surface area (Å²) < 4.78 is 0. The summed E-state index contributed by atoms with van der Waals surface area (Å²) in [7, 11) is 0. The van der Waals surface area contributed by atoms with E-state index in [2.05, 4.69) is 4.98 Å². The number of nitrogens with zero attached hydrogens (tertiary/aromatic N) is 2. The number of carboxylic acid groups (broad SMARTS) is 1. The molecule has 0 fully saturated rings. The predicted octanol–water partition coefficient (Wildman–Crippen LogP) is 3.25. The number of rotatable bonds is 4. The Balaban J connectivity index is 2.51. The molecular weight excluding hydrogens is 240 g/mol. The molecule has 0 atom stereocenters. The molecule has 0 saturated heterocycles. The van der Waals surface area contributed by atoms with Gasteiger partial charge in [0.15, 0.2) is 5.69 Å². The fourth-order valence-electron chi connectivity index (χ4n) is 2.07. The van der Waals surface area contributed by atoms with Crippen molar-refractivity contribution in [2.75, 3.05) is 11.4 Å². The minimum absolute atomic E-state index is 0.0749. The van der Waals surface area contributed by atoms with E-state index in [0.717, 1.165) is 11.3 Å². The summed E-state index contributed by atoms with van der Waals surface area (Å²) in [5, 5.41) is 9.22. The molecule has 2 aromatic rings. The second kappa shape index (κ2) is 5.52. The highest BCUT2D eigenvalue weighted by Gasteiger charge is 2.17. The standard InChI is InChI=1S/C15H16N2O2/c1-3-17(12-7-4-6-11(2)10-12)13-8-5-9-16-14(13)15(18)19/h4-10H,3H2,1-2H3,(H,18,19). The van der Waals surface area contributed by atoms with Gasteiger partial charge in [-0.2, -0.15) is 0 Å². The van der Waals surface area contributed by atoms with Gasteiger partial charge in [0.05, 0.1) is 5.69 Å². The van der Waals surface area contributed by atoms with Crippen LogP contribution in [0.4, 0.5) is 11.4 Å². The van der Waals surface area contributed by atoms with Gasteiger partial charge in [0.25, 0.3) is 0 Å². The highest BCUT2D eigenvalue weighted by atomic mass is 16.4. The second-order valence-corrected chi connectivity index (χ2v) is 4.26. The maximum atomic E-state index is 11.3. The summed E-state index contributed by atoms with van der Waals surface area (Å²) in [4.78, 5) is 17.2. The SMILES string of the molecule is CCN(c1cccc(C)c1)c1cccnc1C(=O)O. The Labute approximate surface area is 112 Å². The van der Waals surface area contributed by atoms with Crippen LogP contribution in [0.15, 0.2) is 42.6 Å². The zero-order valence-electron chi connectivity index (χ0n) is 11.0. The van der Waals surface area contributed by atoms with Crippen molar-refractivity contribution in [1.82, 2.24) is 4.98 Å². The van der Waals surface area contributed by atoms with Gasteiger partial charge in [0.2, 0.25) is 0 Å². The molecule has 0 bridgehead atoms. The summed E-state index contributed by atoms with van der Waals surface area (Å²) in [5.41, 5.74) is 2.80. The van der Waals surface area contributed by atoms with Crippen LogP contribution in [0.25, 0.3) is 0 Å². The molecule has 0 saturated carbocycles. The van der Waals surface area contributed by atoms with Gasteiger partial charge in [-0.1, -0.05) is 12.1 Å². The molecule has 1 aromatic carbocycles. The maximum Gasteiger partial charge on any atom is 0.356 e. The van der Waals surface area contributed by atoms with Gasteiger partial charge in [0, 0.05) is 18.4 Å². The van der Waals surface area contributed by atoms with Gasteiger partial charge in [-0.25, -0.2) is 9.78 Å². The first kappa shape index (κ1) is 13.1. The number of hydrogen-bond acceptors (Lipinski definition) is 3. The minimum atomic E-state index is -1.01. The Bertz CT molecular complexity index is 596. The lowest BCUT2D eigenvalue weighted by molar-refractivity contribution is 0.0691. The predicted molar refractivity (Wildman–Crippen MR) is 75.1 cm³/mol. The van der Waals surface area contributed by atoms with E-state index in [4.69, 9.17) is 0 Å². The van der Waals surface area contributed by atoms with Crippen molar-refractivity contribution >= 4 is 17.3 Å². The van der Waals surface area contributed by atoms with Crippen molar-refractivity contribution in [2.45, 2.75) is 13.8 Å². The number of carboxylic acids is 1. The Hall–Kier alpha value is -2.36. The molecule has 0 radical (unpaired) electrons. The first-order valence-electron chi connectivity index (χ1n) is 6.16. The number of aromatic nitrogens is 1. The number of pyridine rings is 1. The summed E-state index contributed by atoms with van der Waals surface area (Å²) >= 11 is 0. The first-order valence-corrected chi connectivity index (χ1v) is 6.16. The molecule has 4 heteroatoms. The molecule has 98 valence electrons. The van der Waals surface area contributed by atoms with Crippen LogP contribution in [0.1, 0.15) is 23.0 Å². The quantitative estimate of drug-likeness (QED) is 0.912. The third-order valence-electron chi connectivity index (χ3n) is 2.91. The molecule has 0 aliphatic carbocycles. The van der Waals surface area contributed by atoms with E-state index < -0.39 is 5.97 Å². The topological polar surface area (TPSA) is 53.4 Å². The van der Waals surface area contributed by atoms with Crippen LogP contribution in [-0.4, -0.2) is 22.6 Å². The van der Waals surface area contributed by atoms with Crippen molar-refractivity contribution in [3.63, 3.8) is 0 Å². The van der Waals surface area contributed by atoms with Crippen LogP contribution < -0.4 is 4.90 Å². The largest absolute Gasteiger partial charge is 0.476 e. The molecule has 0 aliphatic rings. The lowest BCUT2D eigenvalue weighted by Gasteiger charge is -2.24. The van der Waals surface area contributed by atoms with Crippen molar-refractivity contribution < 1.29 is 9.90 Å². The molecule has 0 unspecified atom stereocenters. The van der Waals surface area contributed by atoms with Crippen LogP contribution in [0.3, 0.4) is 0 Å². The van der Waals surface area contributed by atoms with Crippen LogP contribution in [0.2, 0.25) is 0 Å². The van der Waals surface area contributed by atoms with Gasteiger partial charge < -0.3 is 10.0 Å². The summed E-state index contributed by atoms with van der Waals surface area (Å²) in [5.74, 6) is -1.01. The maximum absolute atomic E-state index is 11.3. The van der Waals surface area contributed by atoms with E-state index in [0.29, 0.717) is 12.2 Å². The Morgan fingerprint density at radius 2 is 2.11 bits per heavy atom. The number of benzene rings is 1. The number of anilines is 2. The highest BCUT2D eigenvalue weighted by molar-refractivity contribution is 5.93. The van der Waals surface area contributed by atoms with Gasteiger partial charge in [-0.3, -0.25) is 0 Å². The van der Waals surface area contributed by atoms with Gasteiger partial charge in [-0.15, -0.1) is 0 Å². The van der Waals surface area contributed by atoms with E-state index in [1.807, 2.05) is 43.0 Å². The first-order chi connectivity index (χ1) is 9.13. The second-order valence-electron chi connectivity index (χ2n) is 4.26. The Kier molecular flexibility index (Phi) is 3.80. The lowest BCUT2D eigenvalue weighted by atomic mass is 10.1. The van der Waals surface area contributed by atoms with Gasteiger partial charge in [0.1, 0.15) is 0 Å². The zero-order valence-corrected chi connectivity index (χ0v) is 11.0. The van der Waals surface area contributed by atoms with Crippen molar-refractivity contribution in [2.24, 2.45) is 0 Å². The molecule has 1 heterocycles. The van der Waals surface area contributed by atoms with E-state index in [1.165, 1.54) is 6.20 Å². The highest BCUT2D eigenvalue weighted by Crippen LogP contribution is 2.27. The Morgan fingerprint density at radius 1 is 1.32 bits per heavy atom. The van der Waals surface area contributed by atoms with Crippen molar-refractivity contribution in [3.05, 3.63) is 53.9 Å². The number of hydrogen-bond donors (Lipinski definition) is 1. The molecule has 1 N–H and O–H groups in total. The van der Waals surface area contributed by atoms with Crippen molar-refractivity contribution in [3.8, 4) is 0 Å². The third-order valence-corrected chi connectivity index (χ3v) is 2.91. The number of carbonyl (C=O) groups is 1. The van der Waals surface area contributed by atoms with Crippen LogP contribution >= 0.6 is 0 Å². The normalized spacial score (nSPS) is 10.2. The molecular formula is C15H16N2O2. The lowest BCUT2D eigenvalue weighted by Crippen LogP contribution is -2.20. The summed E-state index contributed by atoms with van der Waals surface area (Å²) in [6.07, 6.45) is 1.50. The molecule has 2 rings (SSSR count). The molecule has 1 aromatic heterocycles. The minimum Gasteiger partial charge on any atom is -0.476 e. The molecule has 0 aliphatic heterocycles.